The summed E-state index contributed by atoms with van der Waals surface area (Å²) < 4.78 is 7.03. The number of nitrogen functional groups attached to an aromatic ring is 1. The third-order valence-electron chi connectivity index (χ3n) is 2.31. The first-order valence-electron chi connectivity index (χ1n) is 5.59. The summed E-state index contributed by atoms with van der Waals surface area (Å²) in [5, 5.41) is 8.92. The Bertz CT molecular complexity index is 584. The van der Waals surface area contributed by atoms with Gasteiger partial charge in [0.2, 0.25) is 11.7 Å². The van der Waals surface area contributed by atoms with Crippen molar-refractivity contribution in [2.45, 2.75) is 13.3 Å². The van der Waals surface area contributed by atoms with E-state index in [0.29, 0.717) is 24.0 Å². The summed E-state index contributed by atoms with van der Waals surface area (Å²) >= 11 is 0. The standard InChI is InChI=1S/C12H13N5O/c1-2-7-18-12-9(14)3-4-10(16-12)17-6-5-15-11(17)8-13/h3-6H,2,7,14H2,1H3. The zero-order chi connectivity index (χ0) is 13.0. The normalized spacial score (nSPS) is 10.0. The van der Waals surface area contributed by atoms with Gasteiger partial charge in [0.1, 0.15) is 11.9 Å². The van der Waals surface area contributed by atoms with Crippen LogP contribution in [0.2, 0.25) is 0 Å². The maximum atomic E-state index is 8.92. The van der Waals surface area contributed by atoms with Crippen molar-refractivity contribution in [2.24, 2.45) is 0 Å². The lowest BCUT2D eigenvalue weighted by molar-refractivity contribution is 0.307. The van der Waals surface area contributed by atoms with Gasteiger partial charge in [-0.1, -0.05) is 6.92 Å². The fourth-order valence-corrected chi connectivity index (χ4v) is 1.46. The van der Waals surface area contributed by atoms with Crippen molar-refractivity contribution < 1.29 is 4.74 Å². The van der Waals surface area contributed by atoms with Crippen LogP contribution in [0.3, 0.4) is 0 Å². The molecule has 6 heteroatoms. The van der Waals surface area contributed by atoms with E-state index < -0.39 is 0 Å². The summed E-state index contributed by atoms with van der Waals surface area (Å²) in [6.07, 6.45) is 4.09. The van der Waals surface area contributed by atoms with Gasteiger partial charge in [-0.05, 0) is 18.6 Å². The van der Waals surface area contributed by atoms with Gasteiger partial charge in [0.15, 0.2) is 0 Å². The molecular weight excluding hydrogens is 230 g/mol. The summed E-state index contributed by atoms with van der Waals surface area (Å²) in [6, 6.07) is 5.41. The predicted octanol–water partition coefficient (Wildman–Crippen LogP) is 1.51. The van der Waals surface area contributed by atoms with Crippen molar-refractivity contribution >= 4 is 5.69 Å². The third-order valence-corrected chi connectivity index (χ3v) is 2.31. The molecule has 0 saturated carbocycles. The number of hydrogen-bond donors (Lipinski definition) is 1. The van der Waals surface area contributed by atoms with Crippen LogP contribution >= 0.6 is 0 Å². The highest BCUT2D eigenvalue weighted by molar-refractivity contribution is 5.51. The number of pyridine rings is 1. The minimum absolute atomic E-state index is 0.272. The summed E-state index contributed by atoms with van der Waals surface area (Å²) in [6.45, 7) is 2.55. The molecule has 0 saturated heterocycles. The van der Waals surface area contributed by atoms with Crippen molar-refractivity contribution in [2.75, 3.05) is 12.3 Å². The topological polar surface area (TPSA) is 89.8 Å². The van der Waals surface area contributed by atoms with Crippen LogP contribution in [0.25, 0.3) is 5.82 Å². The molecule has 2 aromatic heterocycles. The third kappa shape index (κ3) is 2.25. The van der Waals surface area contributed by atoms with Gasteiger partial charge in [-0.3, -0.25) is 4.57 Å². The molecule has 0 aliphatic carbocycles. The number of nitriles is 1. The number of nitrogens with two attached hydrogens (primary N) is 1. The Hall–Kier alpha value is -2.55. The van der Waals surface area contributed by atoms with Crippen molar-refractivity contribution in [3.8, 4) is 17.8 Å². The highest BCUT2D eigenvalue weighted by atomic mass is 16.5. The molecule has 0 aliphatic heterocycles. The van der Waals surface area contributed by atoms with Crippen molar-refractivity contribution in [3.63, 3.8) is 0 Å². The van der Waals surface area contributed by atoms with Gasteiger partial charge in [0.05, 0.1) is 12.3 Å². The Morgan fingerprint density at radius 3 is 3.06 bits per heavy atom. The SMILES string of the molecule is CCCOc1nc(-n2ccnc2C#N)ccc1N. The van der Waals surface area contributed by atoms with Gasteiger partial charge in [-0.25, -0.2) is 4.98 Å². The van der Waals surface area contributed by atoms with E-state index >= 15 is 0 Å². The van der Waals surface area contributed by atoms with Crippen LogP contribution in [0.15, 0.2) is 24.5 Å². The van der Waals surface area contributed by atoms with Crippen LogP contribution in [0.1, 0.15) is 19.2 Å². The molecule has 0 radical (unpaired) electrons. The van der Waals surface area contributed by atoms with E-state index in [0.717, 1.165) is 6.42 Å². The molecule has 0 atom stereocenters. The van der Waals surface area contributed by atoms with E-state index in [9.17, 15) is 0 Å². The lowest BCUT2D eigenvalue weighted by Crippen LogP contribution is -2.05. The van der Waals surface area contributed by atoms with Crippen LogP contribution in [0, 0.1) is 11.3 Å². The lowest BCUT2D eigenvalue weighted by atomic mass is 10.4. The first-order chi connectivity index (χ1) is 8.76. The Morgan fingerprint density at radius 1 is 1.50 bits per heavy atom. The van der Waals surface area contributed by atoms with E-state index in [1.54, 1.807) is 29.1 Å². The monoisotopic (exact) mass is 243 g/mol. The Morgan fingerprint density at radius 2 is 2.33 bits per heavy atom. The molecule has 0 unspecified atom stereocenters. The smallest absolute Gasteiger partial charge is 0.239 e. The molecule has 2 N–H and O–H groups in total. The van der Waals surface area contributed by atoms with E-state index in [4.69, 9.17) is 15.7 Å². The highest BCUT2D eigenvalue weighted by Crippen LogP contribution is 2.21. The molecule has 0 fully saturated rings. The zero-order valence-electron chi connectivity index (χ0n) is 10.00. The number of hydrogen-bond acceptors (Lipinski definition) is 5. The average Bonchev–Trinajstić information content (AvgIpc) is 2.86. The Kier molecular flexibility index (Phi) is 3.44. The first kappa shape index (κ1) is 11.9. The number of nitrogens with zero attached hydrogens (tertiary/aromatic N) is 4. The number of ether oxygens (including phenoxy) is 1. The molecular formula is C12H13N5O. The maximum absolute atomic E-state index is 8.92. The molecule has 2 aromatic rings. The van der Waals surface area contributed by atoms with E-state index in [-0.39, 0.29) is 5.82 Å². The Labute approximate surface area is 105 Å². The lowest BCUT2D eigenvalue weighted by Gasteiger charge is -2.09. The number of rotatable bonds is 4. The Balaban J connectivity index is 2.38. The van der Waals surface area contributed by atoms with Gasteiger partial charge in [0, 0.05) is 12.4 Å². The fourth-order valence-electron chi connectivity index (χ4n) is 1.46. The largest absolute Gasteiger partial charge is 0.476 e. The van der Waals surface area contributed by atoms with Gasteiger partial charge in [0.25, 0.3) is 0 Å². The molecule has 2 rings (SSSR count). The first-order valence-corrected chi connectivity index (χ1v) is 5.59. The quantitative estimate of drug-likeness (QED) is 0.879. The van der Waals surface area contributed by atoms with E-state index in [1.165, 1.54) is 0 Å². The molecule has 0 bridgehead atoms. The van der Waals surface area contributed by atoms with Crippen molar-refractivity contribution in [3.05, 3.63) is 30.4 Å². The van der Waals surface area contributed by atoms with E-state index in [1.807, 2.05) is 13.0 Å². The van der Waals surface area contributed by atoms with Crippen molar-refractivity contribution in [1.82, 2.24) is 14.5 Å². The van der Waals surface area contributed by atoms with E-state index in [2.05, 4.69) is 9.97 Å². The minimum Gasteiger partial charge on any atom is -0.476 e. The molecule has 0 spiro atoms. The fraction of sp³-hybridized carbons (Fsp3) is 0.250. The second-order valence-corrected chi connectivity index (χ2v) is 3.64. The van der Waals surface area contributed by atoms with Crippen molar-refractivity contribution in [1.29, 1.82) is 5.26 Å². The van der Waals surface area contributed by atoms with Crippen LogP contribution in [-0.4, -0.2) is 21.1 Å². The highest BCUT2D eigenvalue weighted by Gasteiger charge is 2.09. The number of anilines is 1. The second-order valence-electron chi connectivity index (χ2n) is 3.64. The molecule has 0 aliphatic rings. The van der Waals surface area contributed by atoms with Crippen LogP contribution < -0.4 is 10.5 Å². The van der Waals surface area contributed by atoms with Crippen LogP contribution in [0.4, 0.5) is 5.69 Å². The summed E-state index contributed by atoms with van der Waals surface area (Å²) in [4.78, 5) is 8.20. The van der Waals surface area contributed by atoms with Crippen LogP contribution in [0.5, 0.6) is 5.88 Å². The van der Waals surface area contributed by atoms with Gasteiger partial charge in [-0.2, -0.15) is 10.2 Å². The number of aromatic nitrogens is 3. The summed E-state index contributed by atoms with van der Waals surface area (Å²) in [7, 11) is 0. The molecule has 0 aromatic carbocycles. The molecule has 6 nitrogen and oxygen atoms in total. The summed E-state index contributed by atoms with van der Waals surface area (Å²) in [5.41, 5.74) is 6.25. The van der Waals surface area contributed by atoms with Crippen LogP contribution in [-0.2, 0) is 0 Å². The maximum Gasteiger partial charge on any atom is 0.239 e. The molecule has 0 amide bonds. The van der Waals surface area contributed by atoms with Gasteiger partial charge < -0.3 is 10.5 Å². The molecule has 18 heavy (non-hydrogen) atoms. The average molecular weight is 243 g/mol. The predicted molar refractivity (Wildman–Crippen MR) is 66.3 cm³/mol. The number of imidazole rings is 1. The zero-order valence-corrected chi connectivity index (χ0v) is 10.00. The van der Waals surface area contributed by atoms with Gasteiger partial charge >= 0.3 is 0 Å². The second kappa shape index (κ2) is 5.19. The summed E-state index contributed by atoms with van der Waals surface area (Å²) in [5.74, 6) is 1.21. The molecule has 92 valence electrons. The van der Waals surface area contributed by atoms with Gasteiger partial charge in [-0.15, -0.1) is 0 Å². The minimum atomic E-state index is 0.272. The molecule has 2 heterocycles.